The van der Waals surface area contributed by atoms with E-state index in [1.165, 1.54) is 21.2 Å². The monoisotopic (exact) mass is 765 g/mol. The second kappa shape index (κ2) is 21.6. The maximum atomic E-state index is 6.42. The first-order chi connectivity index (χ1) is 25.0. The first-order valence-corrected chi connectivity index (χ1v) is 19.9. The number of piperazine rings is 1. The average Bonchev–Trinajstić information content (AvgIpc) is 3.13. The van der Waals surface area contributed by atoms with Crippen LogP contribution in [0.15, 0.2) is 52.3 Å². The number of halogens is 1. The molecule has 0 amide bonds. The molecule has 1 saturated heterocycles. The third kappa shape index (κ3) is 14.0. The second-order valence-corrected chi connectivity index (χ2v) is 16.5. The summed E-state index contributed by atoms with van der Waals surface area (Å²) in [5.41, 5.74) is 1.92. The van der Waals surface area contributed by atoms with Gasteiger partial charge in [-0.25, -0.2) is 0 Å². The van der Waals surface area contributed by atoms with Crippen molar-refractivity contribution in [1.82, 2.24) is 9.80 Å². The van der Waals surface area contributed by atoms with Gasteiger partial charge in [0, 0.05) is 88.9 Å². The normalized spacial score (nSPS) is 17.5. The Labute approximate surface area is 322 Å². The molecule has 2 aromatic carbocycles. The van der Waals surface area contributed by atoms with Crippen LogP contribution >= 0.6 is 23.4 Å². The van der Waals surface area contributed by atoms with E-state index < -0.39 is 0 Å². The fourth-order valence-corrected chi connectivity index (χ4v) is 7.76. The molecule has 52 heavy (non-hydrogen) atoms. The van der Waals surface area contributed by atoms with Crippen molar-refractivity contribution in [2.24, 2.45) is 0 Å². The third-order valence-electron chi connectivity index (χ3n) is 10.1. The van der Waals surface area contributed by atoms with Crippen molar-refractivity contribution in [3.8, 4) is 0 Å². The number of hydrogen-bond donors (Lipinski definition) is 0. The van der Waals surface area contributed by atoms with E-state index in [0.29, 0.717) is 39.5 Å². The molecule has 2 aromatic rings. The molecule has 0 N–H and O–H groups in total. The van der Waals surface area contributed by atoms with Crippen LogP contribution in [0.1, 0.15) is 47.0 Å². The molecule has 3 atom stereocenters. The van der Waals surface area contributed by atoms with Crippen molar-refractivity contribution in [1.29, 1.82) is 0 Å². The molecule has 2 aliphatic rings. The van der Waals surface area contributed by atoms with E-state index in [1.54, 1.807) is 28.4 Å². The highest BCUT2D eigenvalue weighted by atomic mass is 35.5. The Morgan fingerprint density at radius 3 is 2.00 bits per heavy atom. The van der Waals surface area contributed by atoms with Crippen LogP contribution in [-0.4, -0.2) is 147 Å². The largest absolute Gasteiger partial charge is 0.379 e. The molecule has 12 heteroatoms. The molecule has 4 rings (SSSR count). The van der Waals surface area contributed by atoms with Crippen LogP contribution < -0.4 is 4.90 Å². The quantitative estimate of drug-likeness (QED) is 0.111. The van der Waals surface area contributed by atoms with Gasteiger partial charge in [0.2, 0.25) is 0 Å². The predicted molar refractivity (Wildman–Crippen MR) is 211 cm³/mol. The SMILES string of the molecule is COC(COCC(CN1CCN(CCCN2c3ccccc3Sc3ccc(Cl)cc32)CC1)OC)COCC(CC(C)(C)OCCC(C)(C)OC)OC. The predicted octanol–water partition coefficient (Wildman–Crippen LogP) is 7.03. The van der Waals surface area contributed by atoms with E-state index in [0.717, 1.165) is 63.7 Å². The number of ether oxygens (including phenoxy) is 7. The van der Waals surface area contributed by atoms with Gasteiger partial charge >= 0.3 is 0 Å². The Morgan fingerprint density at radius 2 is 1.33 bits per heavy atom. The minimum absolute atomic E-state index is 0.0107. The molecule has 0 saturated carbocycles. The third-order valence-corrected chi connectivity index (χ3v) is 11.4. The summed E-state index contributed by atoms with van der Waals surface area (Å²) in [6.45, 7) is 17.7. The maximum absolute atomic E-state index is 6.42. The summed E-state index contributed by atoms with van der Waals surface area (Å²) >= 11 is 8.24. The average molecular weight is 766 g/mol. The van der Waals surface area contributed by atoms with Crippen molar-refractivity contribution < 1.29 is 33.2 Å². The van der Waals surface area contributed by atoms with Crippen molar-refractivity contribution >= 4 is 34.7 Å². The van der Waals surface area contributed by atoms with Crippen LogP contribution in [0.2, 0.25) is 5.02 Å². The lowest BCUT2D eigenvalue weighted by Crippen LogP contribution is -2.49. The van der Waals surface area contributed by atoms with Gasteiger partial charge in [-0.05, 0) is 77.4 Å². The van der Waals surface area contributed by atoms with E-state index in [4.69, 9.17) is 44.8 Å². The fourth-order valence-electron chi connectivity index (χ4n) is 6.51. The van der Waals surface area contributed by atoms with Gasteiger partial charge in [0.25, 0.3) is 0 Å². The van der Waals surface area contributed by atoms with Crippen LogP contribution in [0.25, 0.3) is 0 Å². The van der Waals surface area contributed by atoms with Gasteiger partial charge in [-0.1, -0.05) is 35.5 Å². The number of anilines is 2. The Bertz CT molecular complexity index is 1330. The zero-order valence-corrected chi connectivity index (χ0v) is 34.4. The first-order valence-electron chi connectivity index (χ1n) is 18.7. The first kappa shape index (κ1) is 43.3. The molecule has 0 radical (unpaired) electrons. The minimum Gasteiger partial charge on any atom is -0.379 e. The summed E-state index contributed by atoms with van der Waals surface area (Å²) < 4.78 is 41.0. The zero-order chi connectivity index (χ0) is 37.6. The zero-order valence-electron chi connectivity index (χ0n) is 32.9. The van der Waals surface area contributed by atoms with Crippen LogP contribution in [0, 0.1) is 0 Å². The highest BCUT2D eigenvalue weighted by Crippen LogP contribution is 2.48. The number of para-hydroxylation sites is 1. The molecule has 0 spiro atoms. The lowest BCUT2D eigenvalue weighted by Gasteiger charge is -2.37. The molecule has 1 fully saturated rings. The second-order valence-electron chi connectivity index (χ2n) is 15.0. The van der Waals surface area contributed by atoms with Crippen LogP contribution in [0.5, 0.6) is 0 Å². The molecular formula is C40H64ClN3O7S. The number of benzene rings is 2. The summed E-state index contributed by atoms with van der Waals surface area (Å²) in [7, 11) is 6.90. The number of nitrogens with zero attached hydrogens (tertiary/aromatic N) is 3. The van der Waals surface area contributed by atoms with Crippen molar-refractivity contribution in [3.05, 3.63) is 47.5 Å². The summed E-state index contributed by atoms with van der Waals surface area (Å²) in [6, 6.07) is 14.9. The molecular weight excluding hydrogens is 702 g/mol. The smallest absolute Gasteiger partial charge is 0.104 e. The van der Waals surface area contributed by atoms with Crippen molar-refractivity contribution in [3.63, 3.8) is 0 Å². The Morgan fingerprint density at radius 1 is 0.712 bits per heavy atom. The Hall–Kier alpha value is -1.48. The maximum Gasteiger partial charge on any atom is 0.104 e. The van der Waals surface area contributed by atoms with Gasteiger partial charge < -0.3 is 43.0 Å². The molecule has 0 aliphatic carbocycles. The van der Waals surface area contributed by atoms with E-state index in [-0.39, 0.29) is 29.5 Å². The van der Waals surface area contributed by atoms with E-state index >= 15 is 0 Å². The summed E-state index contributed by atoms with van der Waals surface area (Å²) in [5, 5.41) is 0.777. The van der Waals surface area contributed by atoms with Crippen LogP contribution in [0.3, 0.4) is 0 Å². The van der Waals surface area contributed by atoms with Gasteiger partial charge in [-0.2, -0.15) is 0 Å². The summed E-state index contributed by atoms with van der Waals surface area (Å²) in [5.74, 6) is 0. The molecule has 2 aliphatic heterocycles. The van der Waals surface area contributed by atoms with Gasteiger partial charge in [0.15, 0.2) is 0 Å². The topological polar surface area (TPSA) is 74.3 Å². The molecule has 0 aromatic heterocycles. The Kier molecular flexibility index (Phi) is 17.9. The molecule has 0 bridgehead atoms. The summed E-state index contributed by atoms with van der Waals surface area (Å²) in [6.07, 6.45) is 2.33. The van der Waals surface area contributed by atoms with Gasteiger partial charge in [0.1, 0.15) is 6.10 Å². The number of fused-ring (bicyclic) bond motifs is 2. The van der Waals surface area contributed by atoms with Crippen molar-refractivity contribution in [2.75, 3.05) is 112 Å². The van der Waals surface area contributed by atoms with Crippen molar-refractivity contribution in [2.45, 2.75) is 86.3 Å². The molecule has 3 unspecified atom stereocenters. The highest BCUT2D eigenvalue weighted by molar-refractivity contribution is 7.99. The van der Waals surface area contributed by atoms with E-state index in [2.05, 4.69) is 78.8 Å². The standard InChI is InChI=1S/C40H64ClN3O7S/c1-39(2,48-8)16-23-51-40(3,4)25-32(45-5)27-49-29-34(47-7)30-50-28-33(46-6)26-43-21-19-42(20-22-43)17-11-18-44-35-12-9-10-13-37(35)52-38-15-14-31(41)24-36(38)44/h9-10,12-15,24,32-34H,11,16-23,25-30H2,1-8H3. The molecule has 10 nitrogen and oxygen atoms in total. The van der Waals surface area contributed by atoms with E-state index in [1.807, 2.05) is 17.8 Å². The lowest BCUT2D eigenvalue weighted by atomic mass is 10.00. The molecule has 2 heterocycles. The Balaban J connectivity index is 1.11. The van der Waals surface area contributed by atoms with Gasteiger partial charge in [-0.15, -0.1) is 0 Å². The number of rotatable bonds is 24. The number of methoxy groups -OCH3 is 4. The number of hydrogen-bond acceptors (Lipinski definition) is 11. The fraction of sp³-hybridized carbons (Fsp3) is 0.700. The molecule has 294 valence electrons. The van der Waals surface area contributed by atoms with Gasteiger partial charge in [-0.3, -0.25) is 4.90 Å². The lowest BCUT2D eigenvalue weighted by molar-refractivity contribution is -0.103. The summed E-state index contributed by atoms with van der Waals surface area (Å²) in [4.78, 5) is 10.1. The van der Waals surface area contributed by atoms with Crippen LogP contribution in [-0.2, 0) is 33.2 Å². The van der Waals surface area contributed by atoms with Crippen LogP contribution in [0.4, 0.5) is 11.4 Å². The van der Waals surface area contributed by atoms with Gasteiger partial charge in [0.05, 0.1) is 67.8 Å². The van der Waals surface area contributed by atoms with E-state index in [9.17, 15) is 0 Å². The minimum atomic E-state index is -0.345. The highest BCUT2D eigenvalue weighted by Gasteiger charge is 2.27.